The van der Waals surface area contributed by atoms with Gasteiger partial charge in [0.25, 0.3) is 0 Å². The number of carboxylic acid groups (broad SMARTS) is 1. The molecule has 0 atom stereocenters. The average Bonchev–Trinajstić information content (AvgIpc) is 2.83. The molecule has 4 rings (SSSR count). The van der Waals surface area contributed by atoms with E-state index in [4.69, 9.17) is 5.11 Å². The molecule has 2 aromatic carbocycles. The fourth-order valence-electron chi connectivity index (χ4n) is 4.42. The first kappa shape index (κ1) is 23.5. The summed E-state index contributed by atoms with van der Waals surface area (Å²) in [4.78, 5) is 10.9. The molecule has 0 saturated heterocycles. The van der Waals surface area contributed by atoms with Gasteiger partial charge in [-0.1, -0.05) is 24.3 Å². The van der Waals surface area contributed by atoms with Gasteiger partial charge in [0.15, 0.2) is 23.2 Å². The van der Waals surface area contributed by atoms with E-state index in [-0.39, 0.29) is 18.2 Å². The molecule has 1 aliphatic carbocycles. The monoisotopic (exact) mass is 471 g/mol. The Morgan fingerprint density at radius 1 is 1.03 bits per heavy atom. The number of nitrogens with zero attached hydrogens (tertiary/aromatic N) is 2. The van der Waals surface area contributed by atoms with E-state index in [1.807, 2.05) is 24.3 Å². The number of hydrogen-bond donors (Lipinski definition) is 2. The SMILES string of the molecule is COc1c(F)cc(Nc2ccc(-c3ccc(C4CCC(CC(=O)O)CC4)cc3)nn2)c(F)c1F. The van der Waals surface area contributed by atoms with E-state index in [1.54, 1.807) is 12.1 Å². The molecule has 0 aliphatic heterocycles. The van der Waals surface area contributed by atoms with Crippen LogP contribution < -0.4 is 10.1 Å². The van der Waals surface area contributed by atoms with Crippen molar-refractivity contribution in [2.75, 3.05) is 12.4 Å². The Bertz CT molecular complexity index is 1160. The fourth-order valence-corrected chi connectivity index (χ4v) is 4.42. The van der Waals surface area contributed by atoms with Crippen LogP contribution in [0.4, 0.5) is 24.7 Å². The molecule has 1 aliphatic rings. The van der Waals surface area contributed by atoms with Crippen molar-refractivity contribution >= 4 is 17.5 Å². The van der Waals surface area contributed by atoms with Crippen molar-refractivity contribution in [2.24, 2.45) is 5.92 Å². The maximum atomic E-state index is 14.2. The van der Waals surface area contributed by atoms with Gasteiger partial charge < -0.3 is 15.2 Å². The summed E-state index contributed by atoms with van der Waals surface area (Å²) in [5.41, 5.74) is 2.23. The van der Waals surface area contributed by atoms with Gasteiger partial charge in [-0.25, -0.2) is 8.78 Å². The van der Waals surface area contributed by atoms with E-state index in [0.29, 0.717) is 11.6 Å². The molecule has 6 nitrogen and oxygen atoms in total. The molecule has 3 aromatic rings. The van der Waals surface area contributed by atoms with Crippen LogP contribution >= 0.6 is 0 Å². The lowest BCUT2D eigenvalue weighted by Gasteiger charge is -2.28. The summed E-state index contributed by atoms with van der Waals surface area (Å²) >= 11 is 0. The molecule has 2 N–H and O–H groups in total. The van der Waals surface area contributed by atoms with E-state index in [9.17, 15) is 18.0 Å². The number of benzene rings is 2. The third kappa shape index (κ3) is 5.13. The second-order valence-corrected chi connectivity index (χ2v) is 8.43. The number of ether oxygens (including phenoxy) is 1. The van der Waals surface area contributed by atoms with Crippen LogP contribution in [-0.2, 0) is 4.79 Å². The van der Waals surface area contributed by atoms with Gasteiger partial charge in [0.05, 0.1) is 18.5 Å². The van der Waals surface area contributed by atoms with Gasteiger partial charge in [-0.2, -0.15) is 4.39 Å². The van der Waals surface area contributed by atoms with Crippen molar-refractivity contribution in [1.29, 1.82) is 0 Å². The smallest absolute Gasteiger partial charge is 0.303 e. The minimum Gasteiger partial charge on any atom is -0.491 e. The number of aromatic nitrogens is 2. The normalized spacial score (nSPS) is 17.9. The lowest BCUT2D eigenvalue weighted by atomic mass is 9.77. The number of aliphatic carboxylic acids is 1. The van der Waals surface area contributed by atoms with Gasteiger partial charge in [0.1, 0.15) is 0 Å². The Labute approximate surface area is 194 Å². The molecule has 9 heteroatoms. The maximum absolute atomic E-state index is 14.2. The first-order valence-corrected chi connectivity index (χ1v) is 11.0. The molecule has 0 spiro atoms. The minimum atomic E-state index is -1.43. The molecule has 178 valence electrons. The topological polar surface area (TPSA) is 84.3 Å². The zero-order valence-corrected chi connectivity index (χ0v) is 18.5. The summed E-state index contributed by atoms with van der Waals surface area (Å²) in [5, 5.41) is 19.6. The number of methoxy groups -OCH3 is 1. The minimum absolute atomic E-state index is 0.126. The molecular formula is C25H24F3N3O3. The van der Waals surface area contributed by atoms with Gasteiger partial charge in [-0.05, 0) is 55.2 Å². The number of rotatable bonds is 7. The quantitative estimate of drug-likeness (QED) is 0.408. The highest BCUT2D eigenvalue weighted by molar-refractivity contribution is 5.67. The summed E-state index contributed by atoms with van der Waals surface area (Å²) in [5.74, 6) is -4.47. The van der Waals surface area contributed by atoms with Gasteiger partial charge in [-0.3, -0.25) is 4.79 Å². The fraction of sp³-hybridized carbons (Fsp3) is 0.320. The predicted molar refractivity (Wildman–Crippen MR) is 121 cm³/mol. The molecule has 34 heavy (non-hydrogen) atoms. The Balaban J connectivity index is 1.41. The molecule has 1 fully saturated rings. The number of carboxylic acids is 1. The third-order valence-corrected chi connectivity index (χ3v) is 6.24. The Morgan fingerprint density at radius 2 is 1.74 bits per heavy atom. The molecule has 1 aromatic heterocycles. The first-order chi connectivity index (χ1) is 16.4. The van der Waals surface area contributed by atoms with Crippen LogP contribution in [0.1, 0.15) is 43.6 Å². The molecule has 0 amide bonds. The second-order valence-electron chi connectivity index (χ2n) is 8.43. The van der Waals surface area contributed by atoms with Gasteiger partial charge in [-0.15, -0.1) is 10.2 Å². The molecule has 0 bridgehead atoms. The van der Waals surface area contributed by atoms with Gasteiger partial charge >= 0.3 is 5.97 Å². The molecule has 0 radical (unpaired) electrons. The van der Waals surface area contributed by atoms with Crippen LogP contribution in [0.3, 0.4) is 0 Å². The number of carbonyl (C=O) groups is 1. The van der Waals surface area contributed by atoms with Crippen LogP contribution in [0.5, 0.6) is 5.75 Å². The largest absolute Gasteiger partial charge is 0.491 e. The van der Waals surface area contributed by atoms with Crippen molar-refractivity contribution < 1.29 is 27.8 Å². The molecular weight excluding hydrogens is 447 g/mol. The van der Waals surface area contributed by atoms with Crippen LogP contribution in [0.25, 0.3) is 11.3 Å². The summed E-state index contributed by atoms with van der Waals surface area (Å²) in [6, 6.07) is 12.0. The Kier molecular flexibility index (Phi) is 7.00. The van der Waals surface area contributed by atoms with Crippen LogP contribution in [0.2, 0.25) is 0 Å². The van der Waals surface area contributed by atoms with E-state index < -0.39 is 34.9 Å². The number of hydrogen-bond acceptors (Lipinski definition) is 5. The molecule has 0 unspecified atom stereocenters. The molecule has 1 saturated carbocycles. The van der Waals surface area contributed by atoms with Crippen molar-refractivity contribution in [1.82, 2.24) is 10.2 Å². The summed E-state index contributed by atoms with van der Waals surface area (Å²) < 4.78 is 46.5. The highest BCUT2D eigenvalue weighted by Crippen LogP contribution is 2.37. The predicted octanol–water partition coefficient (Wildman–Crippen LogP) is 6.06. The highest BCUT2D eigenvalue weighted by Gasteiger charge is 2.24. The maximum Gasteiger partial charge on any atom is 0.303 e. The standard InChI is InChI=1S/C25H24F3N3O3/c1-34-25-18(26)13-20(23(27)24(25)28)29-21-11-10-19(30-31-21)17-8-6-16(7-9-17)15-4-2-14(3-5-15)12-22(32)33/h6-11,13-15H,2-5,12H2,1H3,(H,29,31)(H,32,33). The molecule has 1 heterocycles. The average molecular weight is 471 g/mol. The van der Waals surface area contributed by atoms with Crippen molar-refractivity contribution in [3.8, 4) is 17.0 Å². The second kappa shape index (κ2) is 10.1. The zero-order chi connectivity index (χ0) is 24.2. The van der Waals surface area contributed by atoms with Crippen LogP contribution in [-0.4, -0.2) is 28.4 Å². The first-order valence-electron chi connectivity index (χ1n) is 11.0. The summed E-state index contributed by atoms with van der Waals surface area (Å²) in [6.07, 6.45) is 4.02. The number of halogens is 3. The van der Waals surface area contributed by atoms with Crippen molar-refractivity contribution in [3.63, 3.8) is 0 Å². The van der Waals surface area contributed by atoms with E-state index in [1.165, 1.54) is 5.56 Å². The van der Waals surface area contributed by atoms with Gasteiger partial charge in [0.2, 0.25) is 5.82 Å². The van der Waals surface area contributed by atoms with Crippen molar-refractivity contribution in [2.45, 2.75) is 38.0 Å². The highest BCUT2D eigenvalue weighted by atomic mass is 19.2. The van der Waals surface area contributed by atoms with E-state index in [2.05, 4.69) is 20.3 Å². The van der Waals surface area contributed by atoms with Gasteiger partial charge in [0, 0.05) is 18.1 Å². The zero-order valence-electron chi connectivity index (χ0n) is 18.5. The Morgan fingerprint density at radius 3 is 2.32 bits per heavy atom. The number of anilines is 2. The lowest BCUT2D eigenvalue weighted by molar-refractivity contribution is -0.138. The summed E-state index contributed by atoms with van der Waals surface area (Å²) in [7, 11) is 1.05. The number of nitrogens with one attached hydrogen (secondary N) is 1. The van der Waals surface area contributed by atoms with Crippen molar-refractivity contribution in [3.05, 3.63) is 65.5 Å². The third-order valence-electron chi connectivity index (χ3n) is 6.24. The lowest BCUT2D eigenvalue weighted by Crippen LogP contribution is -2.16. The Hall–Kier alpha value is -3.62. The summed E-state index contributed by atoms with van der Waals surface area (Å²) in [6.45, 7) is 0. The van der Waals surface area contributed by atoms with E-state index >= 15 is 0 Å². The van der Waals surface area contributed by atoms with Crippen LogP contribution in [0, 0.1) is 23.4 Å². The van der Waals surface area contributed by atoms with E-state index in [0.717, 1.165) is 44.4 Å². The van der Waals surface area contributed by atoms with Crippen LogP contribution in [0.15, 0.2) is 42.5 Å².